The van der Waals surface area contributed by atoms with Crippen LogP contribution in [-0.4, -0.2) is 36.5 Å². The van der Waals surface area contributed by atoms with Gasteiger partial charge in [0.1, 0.15) is 0 Å². The molecule has 0 aromatic heterocycles. The van der Waals surface area contributed by atoms with E-state index in [2.05, 4.69) is 31.9 Å². The van der Waals surface area contributed by atoms with Crippen molar-refractivity contribution < 1.29 is 23.8 Å². The van der Waals surface area contributed by atoms with Crippen LogP contribution in [0.2, 0.25) is 0 Å². The third-order valence-electron chi connectivity index (χ3n) is 4.07. The van der Waals surface area contributed by atoms with E-state index in [1.807, 2.05) is 24.3 Å². The molecule has 0 spiro atoms. The van der Waals surface area contributed by atoms with E-state index in [1.165, 1.54) is 23.8 Å². The molecule has 162 valence electrons. The number of halogens is 2. The van der Waals surface area contributed by atoms with E-state index in [1.54, 1.807) is 25.1 Å². The number of thioether (sulfide) groups is 1. The molecule has 1 heterocycles. The number of benzene rings is 2. The first-order valence-electron chi connectivity index (χ1n) is 9.03. The van der Waals surface area contributed by atoms with Crippen LogP contribution in [0.4, 0.5) is 5.69 Å². The molecule has 3 rings (SSSR count). The van der Waals surface area contributed by atoms with Crippen molar-refractivity contribution in [2.45, 2.75) is 6.92 Å². The molecule has 0 atom stereocenters. The summed E-state index contributed by atoms with van der Waals surface area (Å²) < 4.78 is 17.8. The Balaban J connectivity index is 1.85. The van der Waals surface area contributed by atoms with Gasteiger partial charge in [0.25, 0.3) is 5.91 Å². The van der Waals surface area contributed by atoms with Gasteiger partial charge in [-0.2, -0.15) is 0 Å². The third-order valence-corrected chi connectivity index (χ3v) is 6.49. The molecule has 6 nitrogen and oxygen atoms in total. The second kappa shape index (κ2) is 10.6. The molecular formula is C21H17Br2NO5S2. The van der Waals surface area contributed by atoms with E-state index in [0.717, 1.165) is 4.47 Å². The second-order valence-corrected chi connectivity index (χ2v) is 9.57. The number of carbonyl (C=O) groups is 2. The van der Waals surface area contributed by atoms with E-state index in [9.17, 15) is 9.59 Å². The summed E-state index contributed by atoms with van der Waals surface area (Å²) in [6.07, 6.45) is 1.74. The Morgan fingerprint density at radius 1 is 1.23 bits per heavy atom. The van der Waals surface area contributed by atoms with Crippen molar-refractivity contribution in [1.82, 2.24) is 0 Å². The molecule has 2 aromatic rings. The topological polar surface area (TPSA) is 65.1 Å². The molecule has 1 fully saturated rings. The van der Waals surface area contributed by atoms with Crippen LogP contribution < -0.4 is 14.4 Å². The summed E-state index contributed by atoms with van der Waals surface area (Å²) in [7, 11) is 1.50. The first-order valence-corrected chi connectivity index (χ1v) is 11.8. The van der Waals surface area contributed by atoms with E-state index in [-0.39, 0.29) is 19.1 Å². The van der Waals surface area contributed by atoms with Gasteiger partial charge < -0.3 is 14.2 Å². The number of anilines is 1. The van der Waals surface area contributed by atoms with Crippen molar-refractivity contribution in [2.75, 3.05) is 25.2 Å². The van der Waals surface area contributed by atoms with Crippen molar-refractivity contribution >= 4 is 83.8 Å². The SMILES string of the molecule is CCOC(=O)COc1c(Br)cc(/C=C2\SC(=S)N(c3ccc(Br)cc3)C2=O)cc1OC. The van der Waals surface area contributed by atoms with Gasteiger partial charge in [0.05, 0.1) is 28.8 Å². The van der Waals surface area contributed by atoms with Gasteiger partial charge in [-0.15, -0.1) is 0 Å². The normalized spacial score (nSPS) is 14.8. The summed E-state index contributed by atoms with van der Waals surface area (Å²) in [5.41, 5.74) is 1.42. The fraction of sp³-hybridized carbons (Fsp3) is 0.190. The predicted octanol–water partition coefficient (Wildman–Crippen LogP) is 5.57. The van der Waals surface area contributed by atoms with Crippen molar-refractivity contribution in [1.29, 1.82) is 0 Å². The van der Waals surface area contributed by atoms with Gasteiger partial charge in [0.15, 0.2) is 22.4 Å². The number of hydrogen-bond acceptors (Lipinski definition) is 7. The van der Waals surface area contributed by atoms with Crippen LogP contribution in [0.3, 0.4) is 0 Å². The maximum Gasteiger partial charge on any atom is 0.344 e. The highest BCUT2D eigenvalue weighted by Crippen LogP contribution is 2.40. The number of nitrogens with zero attached hydrogens (tertiary/aromatic N) is 1. The van der Waals surface area contributed by atoms with Gasteiger partial charge in [-0.25, -0.2) is 4.79 Å². The fourth-order valence-electron chi connectivity index (χ4n) is 2.73. The number of methoxy groups -OCH3 is 1. The summed E-state index contributed by atoms with van der Waals surface area (Å²) >= 11 is 13.5. The number of amides is 1. The van der Waals surface area contributed by atoms with Crippen LogP contribution in [0.25, 0.3) is 6.08 Å². The molecular weight excluding hydrogens is 570 g/mol. The third kappa shape index (κ3) is 5.68. The second-order valence-electron chi connectivity index (χ2n) is 6.12. The average molecular weight is 587 g/mol. The molecule has 1 aliphatic heterocycles. The van der Waals surface area contributed by atoms with Gasteiger partial charge in [-0.05, 0) is 70.9 Å². The number of hydrogen-bond donors (Lipinski definition) is 0. The number of thiocarbonyl (C=S) groups is 1. The molecule has 0 saturated carbocycles. The highest BCUT2D eigenvalue weighted by Gasteiger charge is 2.33. The highest BCUT2D eigenvalue weighted by molar-refractivity contribution is 9.10. The number of carbonyl (C=O) groups excluding carboxylic acids is 2. The number of esters is 1. The first-order chi connectivity index (χ1) is 14.8. The molecule has 1 amide bonds. The molecule has 0 N–H and O–H groups in total. The predicted molar refractivity (Wildman–Crippen MR) is 133 cm³/mol. The van der Waals surface area contributed by atoms with Crippen molar-refractivity contribution in [3.05, 3.63) is 55.8 Å². The fourth-order valence-corrected chi connectivity index (χ4v) is 4.87. The molecule has 31 heavy (non-hydrogen) atoms. The van der Waals surface area contributed by atoms with E-state index >= 15 is 0 Å². The molecule has 2 aromatic carbocycles. The van der Waals surface area contributed by atoms with Gasteiger partial charge in [-0.1, -0.05) is 39.9 Å². The minimum absolute atomic E-state index is 0.199. The zero-order chi connectivity index (χ0) is 22.5. The lowest BCUT2D eigenvalue weighted by Crippen LogP contribution is -2.27. The lowest BCUT2D eigenvalue weighted by atomic mass is 10.1. The Bertz CT molecular complexity index is 1060. The quantitative estimate of drug-likeness (QED) is 0.239. The summed E-state index contributed by atoms with van der Waals surface area (Å²) in [4.78, 5) is 26.5. The lowest BCUT2D eigenvalue weighted by molar-refractivity contribution is -0.145. The molecule has 1 aliphatic rings. The van der Waals surface area contributed by atoms with Crippen molar-refractivity contribution in [3.8, 4) is 11.5 Å². The molecule has 10 heteroatoms. The standard InChI is InChI=1S/C21H17Br2NO5S2/c1-3-28-18(25)11-29-19-15(23)8-12(9-16(19)27-2)10-17-20(26)24(21(30)31-17)14-6-4-13(22)5-7-14/h4-10H,3,11H2,1-2H3/b17-10-. The zero-order valence-corrected chi connectivity index (χ0v) is 21.3. The summed E-state index contributed by atoms with van der Waals surface area (Å²) in [5.74, 6) is 0.107. The minimum Gasteiger partial charge on any atom is -0.493 e. The Labute approximate surface area is 206 Å². The van der Waals surface area contributed by atoms with Gasteiger partial charge >= 0.3 is 5.97 Å². The summed E-state index contributed by atoms with van der Waals surface area (Å²) in [5, 5.41) is 0. The Kier molecular flexibility index (Phi) is 8.15. The highest BCUT2D eigenvalue weighted by atomic mass is 79.9. The monoisotopic (exact) mass is 585 g/mol. The summed E-state index contributed by atoms with van der Waals surface area (Å²) in [6, 6.07) is 10.9. The maximum absolute atomic E-state index is 13.0. The van der Waals surface area contributed by atoms with Crippen LogP contribution in [0.5, 0.6) is 11.5 Å². The van der Waals surface area contributed by atoms with Crippen molar-refractivity contribution in [3.63, 3.8) is 0 Å². The molecule has 1 saturated heterocycles. The number of rotatable bonds is 7. The molecule has 0 unspecified atom stereocenters. The first kappa shape index (κ1) is 23.8. The molecule has 0 radical (unpaired) electrons. The van der Waals surface area contributed by atoms with Gasteiger partial charge in [0, 0.05) is 4.47 Å². The zero-order valence-electron chi connectivity index (χ0n) is 16.5. The van der Waals surface area contributed by atoms with Gasteiger partial charge in [-0.3, -0.25) is 9.69 Å². The Hall–Kier alpha value is -1.88. The van der Waals surface area contributed by atoms with Gasteiger partial charge in [0.2, 0.25) is 0 Å². The Morgan fingerprint density at radius 3 is 2.58 bits per heavy atom. The van der Waals surface area contributed by atoms with E-state index in [4.69, 9.17) is 26.4 Å². The van der Waals surface area contributed by atoms with E-state index in [0.29, 0.717) is 36.4 Å². The van der Waals surface area contributed by atoms with Crippen LogP contribution in [0.1, 0.15) is 12.5 Å². The summed E-state index contributed by atoms with van der Waals surface area (Å²) in [6.45, 7) is 1.76. The number of ether oxygens (including phenoxy) is 3. The lowest BCUT2D eigenvalue weighted by Gasteiger charge is -2.14. The van der Waals surface area contributed by atoms with E-state index < -0.39 is 5.97 Å². The Morgan fingerprint density at radius 2 is 1.94 bits per heavy atom. The molecule has 0 aliphatic carbocycles. The van der Waals surface area contributed by atoms with Crippen molar-refractivity contribution in [2.24, 2.45) is 0 Å². The maximum atomic E-state index is 13.0. The smallest absolute Gasteiger partial charge is 0.344 e. The van der Waals surface area contributed by atoms with Crippen LogP contribution in [0.15, 0.2) is 50.2 Å². The minimum atomic E-state index is -0.475. The van der Waals surface area contributed by atoms with Crippen LogP contribution in [-0.2, 0) is 14.3 Å². The largest absolute Gasteiger partial charge is 0.493 e. The van der Waals surface area contributed by atoms with Crippen LogP contribution >= 0.6 is 55.8 Å². The average Bonchev–Trinajstić information content (AvgIpc) is 3.00. The molecule has 0 bridgehead atoms. The van der Waals surface area contributed by atoms with Crippen LogP contribution in [0, 0.1) is 0 Å².